The van der Waals surface area contributed by atoms with Gasteiger partial charge in [0.05, 0.1) is 10.9 Å². The standard InChI is InChI=1S/C28H27FN2O7S/c1-28(2,3)38-27(35)30-22-11-6-19-16-31(24(15-20(19)14-22)25(32)26(33)34)39(36,37)23-12-7-18(8-13-23)17-4-9-21(29)10-5-17/h4-14,24H,15-16H2,1-3H3,(H,30,35)(H,33,34)/t24-/m1/s1. The van der Waals surface area contributed by atoms with Crippen LogP contribution in [0, 0.1) is 5.82 Å². The molecule has 0 aliphatic carbocycles. The molecule has 0 fully saturated rings. The lowest BCUT2D eigenvalue weighted by atomic mass is 9.93. The summed E-state index contributed by atoms with van der Waals surface area (Å²) in [6.07, 6.45) is -0.887. The molecule has 39 heavy (non-hydrogen) atoms. The molecule has 1 heterocycles. The Kier molecular flexibility index (Phi) is 7.58. The highest BCUT2D eigenvalue weighted by atomic mass is 32.2. The summed E-state index contributed by atoms with van der Waals surface area (Å²) in [6, 6.07) is 14.8. The summed E-state index contributed by atoms with van der Waals surface area (Å²) in [5.41, 5.74) is 2.07. The van der Waals surface area contributed by atoms with Crippen LogP contribution < -0.4 is 5.32 Å². The molecule has 0 unspecified atom stereocenters. The highest BCUT2D eigenvalue weighted by Crippen LogP contribution is 2.32. The van der Waals surface area contributed by atoms with Crippen LogP contribution in [0.15, 0.2) is 71.6 Å². The third kappa shape index (κ3) is 6.32. The van der Waals surface area contributed by atoms with Gasteiger partial charge in [0.2, 0.25) is 10.0 Å². The highest BCUT2D eigenvalue weighted by Gasteiger charge is 2.42. The molecule has 0 bridgehead atoms. The number of hydrogen-bond acceptors (Lipinski definition) is 6. The summed E-state index contributed by atoms with van der Waals surface area (Å²) in [5, 5.41) is 12.0. The van der Waals surface area contributed by atoms with E-state index in [2.05, 4.69) is 5.32 Å². The first-order valence-corrected chi connectivity index (χ1v) is 13.5. The van der Waals surface area contributed by atoms with Gasteiger partial charge in [0.15, 0.2) is 0 Å². The fourth-order valence-electron chi connectivity index (χ4n) is 4.27. The molecule has 3 aromatic rings. The van der Waals surface area contributed by atoms with E-state index in [1.807, 2.05) is 0 Å². The molecular formula is C28H27FN2O7S. The van der Waals surface area contributed by atoms with Crippen LogP contribution in [0.2, 0.25) is 0 Å². The van der Waals surface area contributed by atoms with Gasteiger partial charge in [0.25, 0.3) is 5.78 Å². The van der Waals surface area contributed by atoms with Gasteiger partial charge in [-0.3, -0.25) is 10.1 Å². The Labute approximate surface area is 225 Å². The Morgan fingerprint density at radius 3 is 2.10 bits per heavy atom. The molecule has 0 saturated carbocycles. The number of nitrogens with one attached hydrogen (secondary N) is 1. The Bertz CT molecular complexity index is 1530. The molecule has 3 aromatic carbocycles. The van der Waals surface area contributed by atoms with E-state index in [0.717, 1.165) is 4.31 Å². The first-order chi connectivity index (χ1) is 18.2. The Morgan fingerprint density at radius 1 is 0.949 bits per heavy atom. The van der Waals surface area contributed by atoms with E-state index in [0.29, 0.717) is 27.9 Å². The van der Waals surface area contributed by atoms with Crippen LogP contribution in [0.1, 0.15) is 31.9 Å². The summed E-state index contributed by atoms with van der Waals surface area (Å²) in [7, 11) is -4.29. The van der Waals surface area contributed by atoms with Gasteiger partial charge >= 0.3 is 12.1 Å². The quantitative estimate of drug-likeness (QED) is 0.426. The second-order valence-electron chi connectivity index (χ2n) is 10.1. The van der Waals surface area contributed by atoms with Crippen molar-refractivity contribution in [2.45, 2.75) is 50.3 Å². The summed E-state index contributed by atoms with van der Waals surface area (Å²) in [6.45, 7) is 4.90. The van der Waals surface area contributed by atoms with E-state index < -0.39 is 45.3 Å². The molecule has 1 amide bonds. The second kappa shape index (κ2) is 10.6. The number of benzene rings is 3. The average molecular weight is 555 g/mol. The van der Waals surface area contributed by atoms with Gasteiger partial charge in [0, 0.05) is 12.2 Å². The fraction of sp³-hybridized carbons (Fsp3) is 0.250. The van der Waals surface area contributed by atoms with E-state index in [-0.39, 0.29) is 17.9 Å². The molecule has 1 aliphatic rings. The number of carbonyl (C=O) groups is 3. The summed E-state index contributed by atoms with van der Waals surface area (Å²) in [4.78, 5) is 36.3. The number of rotatable bonds is 6. The van der Waals surface area contributed by atoms with Gasteiger partial charge in [0.1, 0.15) is 11.4 Å². The Balaban J connectivity index is 1.64. The number of ether oxygens (including phenoxy) is 1. The lowest BCUT2D eigenvalue weighted by molar-refractivity contribution is -0.151. The largest absolute Gasteiger partial charge is 0.475 e. The maximum atomic E-state index is 13.6. The van der Waals surface area contributed by atoms with Crippen LogP contribution in [0.4, 0.5) is 14.9 Å². The number of carboxylic acid groups (broad SMARTS) is 1. The minimum atomic E-state index is -4.29. The molecule has 0 aromatic heterocycles. The zero-order valence-electron chi connectivity index (χ0n) is 21.5. The van der Waals surface area contributed by atoms with Crippen molar-refractivity contribution in [2.24, 2.45) is 0 Å². The van der Waals surface area contributed by atoms with E-state index in [9.17, 15) is 32.3 Å². The van der Waals surface area contributed by atoms with E-state index in [1.54, 1.807) is 63.2 Å². The van der Waals surface area contributed by atoms with Gasteiger partial charge in [-0.15, -0.1) is 0 Å². The minimum Gasteiger partial charge on any atom is -0.475 e. The van der Waals surface area contributed by atoms with Crippen molar-refractivity contribution in [3.8, 4) is 11.1 Å². The number of hydrogen-bond donors (Lipinski definition) is 2. The van der Waals surface area contributed by atoms with Gasteiger partial charge in [-0.25, -0.2) is 22.4 Å². The molecule has 1 aliphatic heterocycles. The predicted octanol–water partition coefficient (Wildman–Crippen LogP) is 4.61. The smallest absolute Gasteiger partial charge is 0.412 e. The molecule has 0 saturated heterocycles. The molecule has 11 heteroatoms. The summed E-state index contributed by atoms with van der Waals surface area (Å²) < 4.78 is 46.6. The van der Waals surface area contributed by atoms with E-state index in [4.69, 9.17) is 4.74 Å². The molecule has 1 atom stereocenters. The molecule has 204 valence electrons. The first-order valence-electron chi connectivity index (χ1n) is 12.0. The normalized spacial score (nSPS) is 15.7. The number of nitrogens with zero attached hydrogens (tertiary/aromatic N) is 1. The van der Waals surface area contributed by atoms with Gasteiger partial charge in [-0.1, -0.05) is 30.3 Å². The number of ketones is 1. The molecular weight excluding hydrogens is 527 g/mol. The van der Waals surface area contributed by atoms with Crippen LogP contribution >= 0.6 is 0 Å². The van der Waals surface area contributed by atoms with Crippen LogP contribution in [0.5, 0.6) is 0 Å². The Morgan fingerprint density at radius 2 is 1.54 bits per heavy atom. The highest BCUT2D eigenvalue weighted by molar-refractivity contribution is 7.89. The maximum absolute atomic E-state index is 13.6. The SMILES string of the molecule is CC(C)(C)OC(=O)Nc1ccc2c(c1)C[C@H](C(=O)C(=O)O)N(S(=O)(=O)c1ccc(-c3ccc(F)cc3)cc1)C2. The lowest BCUT2D eigenvalue weighted by Gasteiger charge is -2.34. The Hall–Kier alpha value is -4.09. The number of Topliss-reactive ketones (excluding diaryl/α,β-unsaturated/α-hetero) is 1. The first kappa shape index (κ1) is 27.9. The van der Waals surface area contributed by atoms with Crippen LogP contribution in [0.25, 0.3) is 11.1 Å². The van der Waals surface area contributed by atoms with Crippen molar-refractivity contribution in [3.05, 3.63) is 83.7 Å². The maximum Gasteiger partial charge on any atom is 0.412 e. The van der Waals surface area contributed by atoms with Crippen molar-refractivity contribution in [1.82, 2.24) is 4.31 Å². The van der Waals surface area contributed by atoms with E-state index in [1.165, 1.54) is 24.3 Å². The topological polar surface area (TPSA) is 130 Å². The van der Waals surface area contributed by atoms with Crippen molar-refractivity contribution >= 4 is 33.6 Å². The van der Waals surface area contributed by atoms with Crippen molar-refractivity contribution in [2.75, 3.05) is 5.32 Å². The second-order valence-corrected chi connectivity index (χ2v) is 12.0. The molecule has 0 radical (unpaired) electrons. The van der Waals surface area contributed by atoms with Gasteiger partial charge in [-0.05, 0) is 85.8 Å². The number of anilines is 1. The third-order valence-electron chi connectivity index (χ3n) is 6.09. The molecule has 4 rings (SSSR count). The number of aliphatic carboxylic acids is 1. The van der Waals surface area contributed by atoms with Gasteiger partial charge in [-0.2, -0.15) is 4.31 Å². The monoisotopic (exact) mass is 554 g/mol. The zero-order valence-corrected chi connectivity index (χ0v) is 22.3. The fourth-order valence-corrected chi connectivity index (χ4v) is 5.84. The number of fused-ring (bicyclic) bond motifs is 1. The van der Waals surface area contributed by atoms with Crippen molar-refractivity contribution in [3.63, 3.8) is 0 Å². The molecule has 2 N–H and O–H groups in total. The van der Waals surface area contributed by atoms with E-state index >= 15 is 0 Å². The number of halogens is 1. The van der Waals surface area contributed by atoms with Crippen LogP contribution in [-0.2, 0) is 37.3 Å². The average Bonchev–Trinajstić information content (AvgIpc) is 2.86. The number of amides is 1. The molecule has 9 nitrogen and oxygen atoms in total. The number of carbonyl (C=O) groups excluding carboxylic acids is 2. The van der Waals surface area contributed by atoms with Crippen LogP contribution in [0.3, 0.4) is 0 Å². The van der Waals surface area contributed by atoms with Crippen LogP contribution in [-0.4, -0.2) is 47.3 Å². The van der Waals surface area contributed by atoms with Crippen molar-refractivity contribution in [1.29, 1.82) is 0 Å². The number of carboxylic acids is 1. The lowest BCUT2D eigenvalue weighted by Crippen LogP contribution is -2.50. The summed E-state index contributed by atoms with van der Waals surface area (Å²) in [5.74, 6) is -3.42. The summed E-state index contributed by atoms with van der Waals surface area (Å²) >= 11 is 0. The third-order valence-corrected chi connectivity index (χ3v) is 7.96. The minimum absolute atomic E-state index is 0.122. The van der Waals surface area contributed by atoms with Crippen molar-refractivity contribution < 1.29 is 37.0 Å². The molecule has 0 spiro atoms. The number of sulfonamides is 1. The van der Waals surface area contributed by atoms with Gasteiger partial charge < -0.3 is 9.84 Å². The predicted molar refractivity (Wildman–Crippen MR) is 141 cm³/mol. The zero-order chi connectivity index (χ0) is 28.5.